The molecule has 0 aliphatic carbocycles. The number of nitrogens with zero attached hydrogens (tertiary/aromatic N) is 4. The van der Waals surface area contributed by atoms with Crippen molar-refractivity contribution in [3.8, 4) is 6.19 Å². The zero-order valence-electron chi connectivity index (χ0n) is 10.1. The van der Waals surface area contributed by atoms with Crippen molar-refractivity contribution in [3.05, 3.63) is 29.0 Å². The maximum atomic E-state index is 12.2. The van der Waals surface area contributed by atoms with Crippen molar-refractivity contribution < 1.29 is 4.39 Å². The molecule has 1 rings (SSSR count). The molecule has 0 amide bonds. The predicted octanol–water partition coefficient (Wildman–Crippen LogP) is 2.80. The van der Waals surface area contributed by atoms with Crippen LogP contribution >= 0.6 is 11.6 Å². The first-order valence-electron chi connectivity index (χ1n) is 5.52. The number of halogens is 2. The van der Waals surface area contributed by atoms with Crippen LogP contribution in [0.4, 0.5) is 4.39 Å². The second kappa shape index (κ2) is 7.62. The zero-order valence-corrected chi connectivity index (χ0v) is 10.9. The first kappa shape index (κ1) is 14.4. The molecule has 0 bridgehead atoms. The number of aliphatic imine (C=N–C) groups is 1. The Labute approximate surface area is 111 Å². The van der Waals surface area contributed by atoms with E-state index in [1.807, 2.05) is 11.0 Å². The number of amidine groups is 1. The Balaban J connectivity index is 2.75. The summed E-state index contributed by atoms with van der Waals surface area (Å²) in [6.07, 6.45) is 3.79. The van der Waals surface area contributed by atoms with Crippen molar-refractivity contribution in [2.75, 3.05) is 13.2 Å². The minimum absolute atomic E-state index is 0.394. The van der Waals surface area contributed by atoms with Crippen LogP contribution in [0.5, 0.6) is 0 Å². The summed E-state index contributed by atoms with van der Waals surface area (Å²) in [4.78, 5) is 9.49. The van der Waals surface area contributed by atoms with E-state index >= 15 is 0 Å². The van der Waals surface area contributed by atoms with Gasteiger partial charge in [0.05, 0.1) is 6.67 Å². The predicted molar refractivity (Wildman–Crippen MR) is 69.0 cm³/mol. The molecule has 0 saturated carbocycles. The van der Waals surface area contributed by atoms with Gasteiger partial charge in [0.1, 0.15) is 11.0 Å². The lowest BCUT2D eigenvalue weighted by Gasteiger charge is -2.23. The number of pyridine rings is 1. The molecule has 0 N–H and O–H groups in total. The van der Waals surface area contributed by atoms with Gasteiger partial charge in [-0.2, -0.15) is 10.3 Å². The minimum atomic E-state index is -0.394. The molecule has 0 saturated heterocycles. The van der Waals surface area contributed by atoms with Crippen LogP contribution in [0.2, 0.25) is 5.15 Å². The van der Waals surface area contributed by atoms with E-state index in [-0.39, 0.29) is 0 Å². The second-order valence-corrected chi connectivity index (χ2v) is 4.10. The molecule has 4 nitrogen and oxygen atoms in total. The third-order valence-corrected chi connectivity index (χ3v) is 2.62. The molecule has 0 radical (unpaired) electrons. The quantitative estimate of drug-likeness (QED) is 0.357. The van der Waals surface area contributed by atoms with Crippen LogP contribution in [0.3, 0.4) is 0 Å². The standard InChI is InChI=1S/C12H14ClFN4/c1-10(17-9-15)18(6-2-5-14)8-11-3-4-12(13)16-7-11/h3-4,7H,2,5-6,8H2,1H3. The normalized spacial score (nSPS) is 11.1. The molecule has 18 heavy (non-hydrogen) atoms. The van der Waals surface area contributed by atoms with Crippen LogP contribution < -0.4 is 0 Å². The SMILES string of the molecule is CC(=NC#N)N(CCCF)Cc1ccc(Cl)nc1. The van der Waals surface area contributed by atoms with Gasteiger partial charge in [0.25, 0.3) is 0 Å². The number of alkyl halides is 1. The summed E-state index contributed by atoms with van der Waals surface area (Å²) < 4.78 is 12.2. The molecule has 0 fully saturated rings. The summed E-state index contributed by atoms with van der Waals surface area (Å²) in [6.45, 7) is 2.37. The molecule has 0 unspecified atom stereocenters. The molecule has 0 atom stereocenters. The molecule has 0 aliphatic heterocycles. The van der Waals surface area contributed by atoms with Crippen molar-refractivity contribution in [1.82, 2.24) is 9.88 Å². The number of rotatable bonds is 5. The maximum Gasteiger partial charge on any atom is 0.207 e. The second-order valence-electron chi connectivity index (χ2n) is 3.71. The highest BCUT2D eigenvalue weighted by Crippen LogP contribution is 2.09. The lowest BCUT2D eigenvalue weighted by molar-refractivity contribution is 0.364. The fourth-order valence-electron chi connectivity index (χ4n) is 1.47. The van der Waals surface area contributed by atoms with E-state index in [0.29, 0.717) is 30.5 Å². The average Bonchev–Trinajstić information content (AvgIpc) is 2.37. The van der Waals surface area contributed by atoms with Crippen LogP contribution in [0.1, 0.15) is 18.9 Å². The van der Waals surface area contributed by atoms with Crippen LogP contribution in [0.25, 0.3) is 0 Å². The molecule has 1 aromatic rings. The summed E-state index contributed by atoms with van der Waals surface area (Å²) >= 11 is 5.70. The highest BCUT2D eigenvalue weighted by atomic mass is 35.5. The molecule has 0 spiro atoms. The molecule has 96 valence electrons. The molecule has 1 heterocycles. The van der Waals surface area contributed by atoms with Crippen molar-refractivity contribution in [2.45, 2.75) is 19.9 Å². The van der Waals surface area contributed by atoms with Gasteiger partial charge >= 0.3 is 0 Å². The van der Waals surface area contributed by atoms with Gasteiger partial charge in [-0.15, -0.1) is 0 Å². The monoisotopic (exact) mass is 268 g/mol. The van der Waals surface area contributed by atoms with Gasteiger partial charge in [-0.05, 0) is 25.0 Å². The van der Waals surface area contributed by atoms with Gasteiger partial charge in [0, 0.05) is 19.3 Å². The number of nitriles is 1. The molecule has 0 aromatic carbocycles. The Hall–Kier alpha value is -1.67. The molecule has 6 heteroatoms. The van der Waals surface area contributed by atoms with Gasteiger partial charge in [0.15, 0.2) is 0 Å². The summed E-state index contributed by atoms with van der Waals surface area (Å²) in [5.41, 5.74) is 0.936. The number of hydrogen-bond donors (Lipinski definition) is 0. The summed E-state index contributed by atoms with van der Waals surface area (Å²) in [5.74, 6) is 0.570. The van der Waals surface area contributed by atoms with Crippen LogP contribution in [-0.2, 0) is 6.54 Å². The lowest BCUT2D eigenvalue weighted by Crippen LogP contribution is -2.29. The zero-order chi connectivity index (χ0) is 13.4. The topological polar surface area (TPSA) is 52.3 Å². The van der Waals surface area contributed by atoms with E-state index in [0.717, 1.165) is 5.56 Å². The van der Waals surface area contributed by atoms with Crippen molar-refractivity contribution >= 4 is 17.4 Å². The third-order valence-electron chi connectivity index (χ3n) is 2.39. The first-order valence-corrected chi connectivity index (χ1v) is 5.90. The highest BCUT2D eigenvalue weighted by molar-refractivity contribution is 6.29. The Bertz CT molecular complexity index is 438. The van der Waals surface area contributed by atoms with Crippen molar-refractivity contribution in [1.29, 1.82) is 5.26 Å². The summed E-state index contributed by atoms with van der Waals surface area (Å²) in [7, 11) is 0. The van der Waals surface area contributed by atoms with Crippen LogP contribution in [0.15, 0.2) is 23.3 Å². The van der Waals surface area contributed by atoms with Gasteiger partial charge in [-0.25, -0.2) is 4.98 Å². The lowest BCUT2D eigenvalue weighted by atomic mass is 10.2. The largest absolute Gasteiger partial charge is 0.355 e. The Morgan fingerprint density at radius 2 is 2.39 bits per heavy atom. The smallest absolute Gasteiger partial charge is 0.207 e. The van der Waals surface area contributed by atoms with Gasteiger partial charge in [0.2, 0.25) is 6.19 Å². The molecular formula is C12H14ClFN4. The van der Waals surface area contributed by atoms with E-state index in [9.17, 15) is 4.39 Å². The number of hydrogen-bond acceptors (Lipinski definition) is 3. The fraction of sp³-hybridized carbons (Fsp3) is 0.417. The van der Waals surface area contributed by atoms with Crippen molar-refractivity contribution in [2.24, 2.45) is 4.99 Å². The molecule has 1 aromatic heterocycles. The van der Waals surface area contributed by atoms with E-state index in [1.54, 1.807) is 25.4 Å². The van der Waals surface area contributed by atoms with Gasteiger partial charge < -0.3 is 4.90 Å². The van der Waals surface area contributed by atoms with Gasteiger partial charge in [-0.1, -0.05) is 17.7 Å². The Kier molecular flexibility index (Phi) is 6.09. The minimum Gasteiger partial charge on any atom is -0.355 e. The third kappa shape index (κ3) is 4.68. The Morgan fingerprint density at radius 3 is 2.94 bits per heavy atom. The van der Waals surface area contributed by atoms with Crippen molar-refractivity contribution in [3.63, 3.8) is 0 Å². The highest BCUT2D eigenvalue weighted by Gasteiger charge is 2.08. The van der Waals surface area contributed by atoms with E-state index in [4.69, 9.17) is 16.9 Å². The Morgan fingerprint density at radius 1 is 1.61 bits per heavy atom. The number of aromatic nitrogens is 1. The summed E-state index contributed by atoms with van der Waals surface area (Å²) in [5, 5.41) is 8.97. The van der Waals surface area contributed by atoms with E-state index < -0.39 is 6.67 Å². The molecule has 0 aliphatic rings. The van der Waals surface area contributed by atoms with Crippen LogP contribution in [0, 0.1) is 11.5 Å². The van der Waals surface area contributed by atoms with E-state index in [2.05, 4.69) is 9.98 Å². The molecular weight excluding hydrogens is 255 g/mol. The fourth-order valence-corrected chi connectivity index (χ4v) is 1.58. The maximum absolute atomic E-state index is 12.2. The first-order chi connectivity index (χ1) is 8.67. The van der Waals surface area contributed by atoms with Crippen LogP contribution in [-0.4, -0.2) is 28.9 Å². The summed E-state index contributed by atoms with van der Waals surface area (Å²) in [6, 6.07) is 3.54. The van der Waals surface area contributed by atoms with E-state index in [1.165, 1.54) is 0 Å². The van der Waals surface area contributed by atoms with Gasteiger partial charge in [-0.3, -0.25) is 4.39 Å². The average molecular weight is 269 g/mol.